The van der Waals surface area contributed by atoms with Crippen LogP contribution in [0.3, 0.4) is 0 Å². The summed E-state index contributed by atoms with van der Waals surface area (Å²) in [6.45, 7) is 0. The minimum absolute atomic E-state index is 0.431. The molecule has 1 aliphatic carbocycles. The third-order valence-electron chi connectivity index (χ3n) is 4.50. The minimum atomic E-state index is 0.431. The van der Waals surface area contributed by atoms with Crippen molar-refractivity contribution in [1.29, 1.82) is 0 Å². The zero-order chi connectivity index (χ0) is 13.8. The predicted octanol–water partition coefficient (Wildman–Crippen LogP) is 2.37. The number of hydrogen-bond donors (Lipinski definition) is 2. The van der Waals surface area contributed by atoms with Gasteiger partial charge in [-0.05, 0) is 30.9 Å². The standard InChI is InChI=1S/C15H14N6/c1-2-12-9(6-19-20-12)5-10(1)21-8-18-13-7-17-15-11(14(13)21)3-4-16-15/h3-4,6-8,10H,1-2,5H2,(H,16,17)(H,19,20). The number of aromatic nitrogens is 6. The van der Waals surface area contributed by atoms with E-state index in [0.717, 1.165) is 35.8 Å². The van der Waals surface area contributed by atoms with E-state index in [2.05, 4.69) is 35.8 Å². The van der Waals surface area contributed by atoms with Gasteiger partial charge in [0.1, 0.15) is 11.2 Å². The van der Waals surface area contributed by atoms with Crippen LogP contribution in [0.2, 0.25) is 0 Å². The van der Waals surface area contributed by atoms with E-state index in [0.29, 0.717) is 6.04 Å². The fourth-order valence-electron chi connectivity index (χ4n) is 3.44. The number of rotatable bonds is 1. The average molecular weight is 278 g/mol. The summed E-state index contributed by atoms with van der Waals surface area (Å²) in [6, 6.07) is 2.51. The largest absolute Gasteiger partial charge is 0.346 e. The minimum Gasteiger partial charge on any atom is -0.346 e. The van der Waals surface area contributed by atoms with Gasteiger partial charge in [-0.25, -0.2) is 9.97 Å². The average Bonchev–Trinajstić information content (AvgIpc) is 3.23. The molecule has 5 rings (SSSR count). The second-order valence-corrected chi connectivity index (χ2v) is 5.65. The topological polar surface area (TPSA) is 75.2 Å². The van der Waals surface area contributed by atoms with Crippen LogP contribution in [0.25, 0.3) is 22.1 Å². The highest BCUT2D eigenvalue weighted by molar-refractivity contribution is 6.00. The number of hydrogen-bond acceptors (Lipinski definition) is 3. The van der Waals surface area contributed by atoms with Crippen molar-refractivity contribution in [2.24, 2.45) is 0 Å². The van der Waals surface area contributed by atoms with Gasteiger partial charge in [-0.2, -0.15) is 5.10 Å². The molecule has 0 saturated carbocycles. The van der Waals surface area contributed by atoms with Gasteiger partial charge in [-0.15, -0.1) is 0 Å². The van der Waals surface area contributed by atoms with E-state index in [1.807, 2.05) is 24.9 Å². The molecule has 0 bridgehead atoms. The van der Waals surface area contributed by atoms with E-state index >= 15 is 0 Å². The van der Waals surface area contributed by atoms with E-state index in [1.54, 1.807) is 0 Å². The lowest BCUT2D eigenvalue weighted by atomic mass is 9.93. The summed E-state index contributed by atoms with van der Waals surface area (Å²) in [6.07, 6.45) is 10.8. The van der Waals surface area contributed by atoms with Crippen LogP contribution in [-0.4, -0.2) is 29.7 Å². The Labute approximate surface area is 120 Å². The molecule has 1 atom stereocenters. The monoisotopic (exact) mass is 278 g/mol. The Morgan fingerprint density at radius 2 is 2.24 bits per heavy atom. The van der Waals surface area contributed by atoms with Crippen LogP contribution in [0.5, 0.6) is 0 Å². The maximum absolute atomic E-state index is 4.53. The molecule has 0 saturated heterocycles. The Kier molecular flexibility index (Phi) is 2.08. The number of H-pyrrole nitrogens is 2. The molecule has 104 valence electrons. The maximum atomic E-state index is 4.53. The molecule has 0 aliphatic heterocycles. The third kappa shape index (κ3) is 1.50. The molecule has 4 aromatic rings. The zero-order valence-electron chi connectivity index (χ0n) is 11.4. The number of imidazole rings is 1. The van der Waals surface area contributed by atoms with Crippen molar-refractivity contribution in [1.82, 2.24) is 29.7 Å². The number of nitrogens with zero attached hydrogens (tertiary/aromatic N) is 4. The molecule has 4 heterocycles. The first-order valence-electron chi connectivity index (χ1n) is 7.20. The smallest absolute Gasteiger partial charge is 0.139 e. The lowest BCUT2D eigenvalue weighted by Crippen LogP contribution is -2.17. The fourth-order valence-corrected chi connectivity index (χ4v) is 3.44. The van der Waals surface area contributed by atoms with Crippen molar-refractivity contribution in [2.45, 2.75) is 25.3 Å². The molecule has 1 unspecified atom stereocenters. The van der Waals surface area contributed by atoms with E-state index in [4.69, 9.17) is 0 Å². The van der Waals surface area contributed by atoms with Crippen molar-refractivity contribution >= 4 is 22.1 Å². The van der Waals surface area contributed by atoms with E-state index in [-0.39, 0.29) is 0 Å². The fraction of sp³-hybridized carbons (Fsp3) is 0.267. The van der Waals surface area contributed by atoms with Crippen LogP contribution in [0.4, 0.5) is 0 Å². The molecule has 0 fully saturated rings. The Morgan fingerprint density at radius 3 is 3.24 bits per heavy atom. The SMILES string of the molecule is c1cc2c(ncc3ncn(C4CCc5[nH]ncc5C4)c32)[nH]1. The van der Waals surface area contributed by atoms with Crippen LogP contribution in [-0.2, 0) is 12.8 Å². The molecule has 0 spiro atoms. The highest BCUT2D eigenvalue weighted by atomic mass is 15.1. The first kappa shape index (κ1) is 11.1. The van der Waals surface area contributed by atoms with E-state index in [1.165, 1.54) is 16.8 Å². The van der Waals surface area contributed by atoms with Gasteiger partial charge in [-0.1, -0.05) is 0 Å². The summed E-state index contributed by atoms with van der Waals surface area (Å²) in [5.74, 6) is 0. The van der Waals surface area contributed by atoms with Crippen LogP contribution in [0, 0.1) is 0 Å². The van der Waals surface area contributed by atoms with Gasteiger partial charge in [0.2, 0.25) is 0 Å². The summed E-state index contributed by atoms with van der Waals surface area (Å²) in [5.41, 5.74) is 5.67. The summed E-state index contributed by atoms with van der Waals surface area (Å²) in [7, 11) is 0. The van der Waals surface area contributed by atoms with Gasteiger partial charge in [0.15, 0.2) is 0 Å². The summed E-state index contributed by atoms with van der Waals surface area (Å²) in [5, 5.41) is 8.40. The van der Waals surface area contributed by atoms with Gasteiger partial charge >= 0.3 is 0 Å². The quantitative estimate of drug-likeness (QED) is 0.561. The second-order valence-electron chi connectivity index (χ2n) is 5.65. The van der Waals surface area contributed by atoms with Crippen molar-refractivity contribution < 1.29 is 0 Å². The van der Waals surface area contributed by atoms with Gasteiger partial charge in [0, 0.05) is 23.3 Å². The van der Waals surface area contributed by atoms with Crippen LogP contribution in [0.1, 0.15) is 23.7 Å². The summed E-state index contributed by atoms with van der Waals surface area (Å²) < 4.78 is 2.31. The first-order valence-corrected chi connectivity index (χ1v) is 7.20. The number of nitrogens with one attached hydrogen (secondary N) is 2. The summed E-state index contributed by atoms with van der Waals surface area (Å²) >= 11 is 0. The zero-order valence-corrected chi connectivity index (χ0v) is 11.4. The summed E-state index contributed by atoms with van der Waals surface area (Å²) in [4.78, 5) is 12.1. The Balaban J connectivity index is 1.69. The van der Waals surface area contributed by atoms with Gasteiger partial charge in [0.25, 0.3) is 0 Å². The molecular weight excluding hydrogens is 264 g/mol. The normalized spacial score (nSPS) is 18.4. The van der Waals surface area contributed by atoms with Gasteiger partial charge in [-0.3, -0.25) is 5.10 Å². The highest BCUT2D eigenvalue weighted by Gasteiger charge is 2.23. The van der Waals surface area contributed by atoms with Gasteiger partial charge < -0.3 is 9.55 Å². The molecule has 1 aliphatic rings. The van der Waals surface area contributed by atoms with Crippen molar-refractivity contribution in [2.75, 3.05) is 0 Å². The Bertz CT molecular complexity index is 943. The molecule has 6 heteroatoms. The van der Waals surface area contributed by atoms with E-state index in [9.17, 15) is 0 Å². The van der Waals surface area contributed by atoms with Crippen LogP contribution < -0.4 is 0 Å². The molecule has 2 N–H and O–H groups in total. The molecule has 0 amide bonds. The van der Waals surface area contributed by atoms with Crippen LogP contribution >= 0.6 is 0 Å². The number of aryl methyl sites for hydroxylation is 1. The molecular formula is C15H14N6. The molecule has 6 nitrogen and oxygen atoms in total. The lowest BCUT2D eigenvalue weighted by Gasteiger charge is -2.23. The van der Waals surface area contributed by atoms with E-state index < -0.39 is 0 Å². The molecule has 4 aromatic heterocycles. The predicted molar refractivity (Wildman–Crippen MR) is 79.0 cm³/mol. The van der Waals surface area contributed by atoms with Crippen molar-refractivity contribution in [3.8, 4) is 0 Å². The maximum Gasteiger partial charge on any atom is 0.139 e. The molecule has 21 heavy (non-hydrogen) atoms. The molecule has 0 radical (unpaired) electrons. The Morgan fingerprint density at radius 1 is 1.24 bits per heavy atom. The Hall–Kier alpha value is -2.63. The van der Waals surface area contributed by atoms with Gasteiger partial charge in [0.05, 0.1) is 24.2 Å². The number of fused-ring (bicyclic) bond motifs is 4. The lowest BCUT2D eigenvalue weighted by molar-refractivity contribution is 0.450. The van der Waals surface area contributed by atoms with Crippen molar-refractivity contribution in [3.05, 3.63) is 42.2 Å². The first-order chi connectivity index (χ1) is 10.4. The number of aromatic amines is 2. The second kappa shape index (κ2) is 3.94. The highest BCUT2D eigenvalue weighted by Crippen LogP contribution is 2.32. The van der Waals surface area contributed by atoms with Crippen molar-refractivity contribution in [3.63, 3.8) is 0 Å². The molecule has 0 aromatic carbocycles. The third-order valence-corrected chi connectivity index (χ3v) is 4.50. The number of pyridine rings is 1. The van der Waals surface area contributed by atoms with Crippen LogP contribution in [0.15, 0.2) is 31.0 Å².